The number of aliphatic hydroxyl groups is 1. The first-order valence-corrected chi connectivity index (χ1v) is 15.7. The van der Waals surface area contributed by atoms with Gasteiger partial charge >= 0.3 is 0 Å². The van der Waals surface area contributed by atoms with Crippen molar-refractivity contribution >= 4 is 0 Å². The Morgan fingerprint density at radius 1 is 1.03 bits per heavy atom. The minimum atomic E-state index is 0.345. The molecule has 0 bridgehead atoms. The first-order valence-electron chi connectivity index (χ1n) is 15.7. The van der Waals surface area contributed by atoms with Gasteiger partial charge in [0.2, 0.25) is 0 Å². The molecule has 0 aromatic carbocycles. The fourth-order valence-corrected chi connectivity index (χ4v) is 10.5. The van der Waals surface area contributed by atoms with E-state index in [0.717, 1.165) is 48.5 Å². The topological polar surface area (TPSA) is 60.9 Å². The number of aromatic amines is 1. The lowest BCUT2D eigenvalue weighted by Gasteiger charge is -2.63. The minimum absolute atomic E-state index is 0.345. The van der Waals surface area contributed by atoms with E-state index in [1.807, 2.05) is 12.5 Å². The summed E-state index contributed by atoms with van der Waals surface area (Å²) >= 11 is 0. The van der Waals surface area contributed by atoms with Gasteiger partial charge in [-0.05, 0) is 104 Å². The molecule has 4 nitrogen and oxygen atoms in total. The average molecular weight is 498 g/mol. The van der Waals surface area contributed by atoms with E-state index in [1.165, 1.54) is 82.7 Å². The van der Waals surface area contributed by atoms with Crippen molar-refractivity contribution in [3.63, 3.8) is 0 Å². The maximum atomic E-state index is 9.43. The quantitative estimate of drug-likeness (QED) is 0.326. The Kier molecular flexibility index (Phi) is 8.23. The zero-order valence-corrected chi connectivity index (χ0v) is 23.8. The van der Waals surface area contributed by atoms with Crippen LogP contribution in [-0.4, -0.2) is 34.3 Å². The van der Waals surface area contributed by atoms with Crippen molar-refractivity contribution in [1.29, 1.82) is 0 Å². The van der Waals surface area contributed by atoms with Crippen LogP contribution in [0.5, 0.6) is 0 Å². The van der Waals surface area contributed by atoms with Crippen LogP contribution in [0, 0.1) is 52.3 Å². The van der Waals surface area contributed by atoms with Crippen molar-refractivity contribution in [2.45, 2.75) is 117 Å². The molecule has 4 aliphatic rings. The number of H-pyrrole nitrogens is 1. The van der Waals surface area contributed by atoms with Crippen molar-refractivity contribution in [2.24, 2.45) is 52.3 Å². The monoisotopic (exact) mass is 497 g/mol. The highest BCUT2D eigenvalue weighted by Crippen LogP contribution is 2.68. The van der Waals surface area contributed by atoms with E-state index >= 15 is 0 Å². The van der Waals surface area contributed by atoms with Gasteiger partial charge in [0.15, 0.2) is 0 Å². The van der Waals surface area contributed by atoms with Crippen LogP contribution in [0.2, 0.25) is 0 Å². The number of aliphatic hydroxyl groups excluding tert-OH is 1. The number of imidazole rings is 1. The third-order valence-electron chi connectivity index (χ3n) is 12.4. The van der Waals surface area contributed by atoms with Gasteiger partial charge in [0.25, 0.3) is 0 Å². The summed E-state index contributed by atoms with van der Waals surface area (Å²) in [5.74, 6) is 5.85. The smallest absolute Gasteiger partial charge is 0.0921 e. The zero-order chi connectivity index (χ0) is 25.3. The van der Waals surface area contributed by atoms with E-state index in [-0.39, 0.29) is 0 Å². The van der Waals surface area contributed by atoms with Crippen molar-refractivity contribution in [3.8, 4) is 0 Å². The van der Waals surface area contributed by atoms with Crippen molar-refractivity contribution in [2.75, 3.05) is 13.2 Å². The number of nitrogens with one attached hydrogen (secondary N) is 2. The summed E-state index contributed by atoms with van der Waals surface area (Å²) in [6, 6.07) is 0.693. The second kappa shape index (κ2) is 11.1. The van der Waals surface area contributed by atoms with Crippen LogP contribution in [-0.2, 0) is 6.42 Å². The summed E-state index contributed by atoms with van der Waals surface area (Å²) in [6.45, 7) is 11.6. The van der Waals surface area contributed by atoms with Gasteiger partial charge in [0.1, 0.15) is 0 Å². The minimum Gasteiger partial charge on any atom is -0.396 e. The Morgan fingerprint density at radius 2 is 1.86 bits per heavy atom. The van der Waals surface area contributed by atoms with E-state index in [9.17, 15) is 5.11 Å². The molecule has 4 saturated carbocycles. The Morgan fingerprint density at radius 3 is 2.64 bits per heavy atom. The Bertz CT molecular complexity index is 825. The number of hydrogen-bond donors (Lipinski definition) is 3. The number of aromatic nitrogens is 2. The molecule has 4 aliphatic carbocycles. The van der Waals surface area contributed by atoms with Crippen LogP contribution >= 0.6 is 0 Å². The molecule has 36 heavy (non-hydrogen) atoms. The van der Waals surface area contributed by atoms with Gasteiger partial charge in [-0.2, -0.15) is 0 Å². The molecule has 2 unspecified atom stereocenters. The summed E-state index contributed by atoms with van der Waals surface area (Å²) in [5, 5.41) is 13.6. The zero-order valence-electron chi connectivity index (χ0n) is 23.8. The largest absolute Gasteiger partial charge is 0.396 e. The molecule has 10 atom stereocenters. The second-order valence-corrected chi connectivity index (χ2v) is 14.3. The van der Waals surface area contributed by atoms with Crippen LogP contribution in [0.3, 0.4) is 0 Å². The van der Waals surface area contributed by atoms with Crippen LogP contribution < -0.4 is 5.32 Å². The van der Waals surface area contributed by atoms with E-state index < -0.39 is 0 Å². The van der Waals surface area contributed by atoms with Crippen molar-refractivity contribution in [1.82, 2.24) is 15.3 Å². The van der Waals surface area contributed by atoms with Gasteiger partial charge in [-0.3, -0.25) is 0 Å². The molecule has 0 spiro atoms. The summed E-state index contributed by atoms with van der Waals surface area (Å²) in [5.41, 5.74) is 2.34. The molecule has 4 heteroatoms. The Labute approximate surface area is 221 Å². The molecule has 0 amide bonds. The first-order chi connectivity index (χ1) is 17.4. The third kappa shape index (κ3) is 4.95. The third-order valence-corrected chi connectivity index (χ3v) is 12.4. The molecule has 1 aromatic heterocycles. The molecule has 1 heterocycles. The van der Waals surface area contributed by atoms with Gasteiger partial charge in [-0.1, -0.05) is 53.4 Å². The maximum absolute atomic E-state index is 9.43. The molecule has 0 radical (unpaired) electrons. The lowest BCUT2D eigenvalue weighted by atomic mass is 9.43. The van der Waals surface area contributed by atoms with Crippen LogP contribution in [0.4, 0.5) is 0 Å². The standard InChI is InChI=1S/C32H55N3O/c1-22(20-36)8-7-9-23(2)26-11-12-27-25-18-30(34-17-14-24-19-33-21-35-24)29-10-5-6-15-31(29,3)28(25)13-16-32(26,27)4/h19,21-23,25-30,34,36H,5-18,20H2,1-4H3,(H,33,35)/t22?,23-,25+,26-,27+,28+,29?,30-,31-,32-/m1/s1. The SMILES string of the molecule is CC(CO)CCC[C@@H](C)[C@H]1CC[C@H]2[C@@H]3C[C@@H](NCCc4cnc[nH]4)C4CCCC[C@]4(C)[C@H]3CC[C@]12C. The number of hydrogen-bond acceptors (Lipinski definition) is 3. The lowest BCUT2D eigenvalue weighted by molar-refractivity contribution is -0.126. The van der Waals surface area contributed by atoms with Gasteiger partial charge in [0.05, 0.1) is 6.33 Å². The van der Waals surface area contributed by atoms with Crippen LogP contribution in [0.25, 0.3) is 0 Å². The fraction of sp³-hybridized carbons (Fsp3) is 0.906. The molecule has 0 saturated heterocycles. The number of nitrogens with zero attached hydrogens (tertiary/aromatic N) is 1. The van der Waals surface area contributed by atoms with Gasteiger partial charge in [0, 0.05) is 37.5 Å². The molecule has 0 aliphatic heterocycles. The lowest BCUT2D eigenvalue weighted by Crippen LogP contribution is -2.60. The Hall–Kier alpha value is -0.870. The van der Waals surface area contributed by atoms with Gasteiger partial charge < -0.3 is 15.4 Å². The first kappa shape index (κ1) is 26.7. The predicted octanol–water partition coefficient (Wildman–Crippen LogP) is 7.00. The highest BCUT2D eigenvalue weighted by Gasteiger charge is 2.61. The maximum Gasteiger partial charge on any atom is 0.0921 e. The predicted molar refractivity (Wildman–Crippen MR) is 149 cm³/mol. The van der Waals surface area contributed by atoms with Gasteiger partial charge in [-0.15, -0.1) is 0 Å². The molecule has 4 fully saturated rings. The fourth-order valence-electron chi connectivity index (χ4n) is 10.5. The highest BCUT2D eigenvalue weighted by molar-refractivity contribution is 5.12. The van der Waals surface area contributed by atoms with Crippen LogP contribution in [0.15, 0.2) is 12.5 Å². The molecular weight excluding hydrogens is 442 g/mol. The summed E-state index contributed by atoms with van der Waals surface area (Å²) in [7, 11) is 0. The summed E-state index contributed by atoms with van der Waals surface area (Å²) in [4.78, 5) is 7.52. The normalized spacial score (nSPS) is 41.8. The molecule has 5 rings (SSSR count). The number of rotatable bonds is 10. The summed E-state index contributed by atoms with van der Waals surface area (Å²) < 4.78 is 0. The van der Waals surface area contributed by atoms with E-state index in [4.69, 9.17) is 0 Å². The molecule has 3 N–H and O–H groups in total. The van der Waals surface area contributed by atoms with E-state index in [0.29, 0.717) is 29.4 Å². The Balaban J connectivity index is 1.29. The van der Waals surface area contributed by atoms with Crippen molar-refractivity contribution in [3.05, 3.63) is 18.2 Å². The van der Waals surface area contributed by atoms with E-state index in [1.54, 1.807) is 0 Å². The highest BCUT2D eigenvalue weighted by atomic mass is 16.3. The molecule has 1 aromatic rings. The summed E-state index contributed by atoms with van der Waals surface area (Å²) in [6.07, 6.45) is 21.8. The molecule has 204 valence electrons. The number of fused-ring (bicyclic) bond motifs is 5. The van der Waals surface area contributed by atoms with Crippen LogP contribution in [0.1, 0.15) is 110 Å². The second-order valence-electron chi connectivity index (χ2n) is 14.3. The van der Waals surface area contributed by atoms with Crippen molar-refractivity contribution < 1.29 is 5.11 Å². The van der Waals surface area contributed by atoms with E-state index in [2.05, 4.69) is 43.0 Å². The average Bonchev–Trinajstić information content (AvgIpc) is 3.51. The molecular formula is C32H55N3O. The van der Waals surface area contributed by atoms with Gasteiger partial charge in [-0.25, -0.2) is 4.98 Å².